The Labute approximate surface area is 185 Å². The van der Waals surface area contributed by atoms with Gasteiger partial charge in [-0.15, -0.1) is 0 Å². The average molecular weight is 452 g/mol. The van der Waals surface area contributed by atoms with Crippen molar-refractivity contribution in [3.8, 4) is 0 Å². The van der Waals surface area contributed by atoms with Crippen LogP contribution in [-0.4, -0.2) is 63.8 Å². The summed E-state index contributed by atoms with van der Waals surface area (Å²) in [6.45, 7) is 5.87. The van der Waals surface area contributed by atoms with Crippen molar-refractivity contribution in [1.82, 2.24) is 0 Å². The van der Waals surface area contributed by atoms with Crippen LogP contribution in [0.3, 0.4) is 0 Å². The van der Waals surface area contributed by atoms with Crippen molar-refractivity contribution in [3.05, 3.63) is 23.8 Å². The molecule has 0 amide bonds. The number of hydrogen-bond donors (Lipinski definition) is 2. The van der Waals surface area contributed by atoms with Gasteiger partial charge in [-0.1, -0.05) is 13.0 Å². The smallest absolute Gasteiger partial charge is 0.193 e. The molecule has 32 heavy (non-hydrogen) atoms. The van der Waals surface area contributed by atoms with Crippen molar-refractivity contribution in [3.63, 3.8) is 0 Å². The molecule has 0 aromatic carbocycles. The summed E-state index contributed by atoms with van der Waals surface area (Å²) >= 11 is 0. The third kappa shape index (κ3) is 2.32. The van der Waals surface area contributed by atoms with E-state index in [1.807, 2.05) is 0 Å². The lowest BCUT2D eigenvalue weighted by molar-refractivity contribution is -0.248. The lowest BCUT2D eigenvalue weighted by atomic mass is 9.44. The van der Waals surface area contributed by atoms with E-state index in [4.69, 9.17) is 9.47 Å². The first-order valence-corrected chi connectivity index (χ1v) is 11.3. The van der Waals surface area contributed by atoms with E-state index in [1.165, 1.54) is 19.1 Å². The minimum absolute atomic E-state index is 0.0550. The first-order valence-electron chi connectivity index (χ1n) is 11.3. The van der Waals surface area contributed by atoms with Crippen LogP contribution in [0.4, 0.5) is 8.78 Å². The number of carbonyl (C=O) groups excluding carboxylic acids is 2. The molecule has 4 aliphatic carbocycles. The number of ketones is 2. The van der Waals surface area contributed by atoms with Crippen LogP contribution in [0, 0.1) is 22.7 Å². The first-order chi connectivity index (χ1) is 14.8. The Bertz CT molecular complexity index is 960. The molecule has 8 heteroatoms. The molecule has 1 saturated heterocycles. The van der Waals surface area contributed by atoms with Gasteiger partial charge in [0.1, 0.15) is 12.8 Å². The molecule has 0 aromatic rings. The molecular weight excluding hydrogens is 422 g/mol. The van der Waals surface area contributed by atoms with E-state index in [2.05, 4.69) is 0 Å². The molecule has 5 rings (SSSR count). The van der Waals surface area contributed by atoms with Crippen molar-refractivity contribution in [2.45, 2.75) is 82.4 Å². The summed E-state index contributed by atoms with van der Waals surface area (Å²) in [5.41, 5.74) is -6.30. The standard InChI is InChI=1S/C24H30F2O6/c1-20(2)31-19-9-13-14-8-16(25)15-7-12(28)5-6-21(15,3)23(14,26)17(29)10-22(13,4)24(19,32-20)18(30)11-27/h5-7,13-14,16-17,19,27,29H,8-11H2,1-4H3/t13?,14?,16-,17?,19+,21?,22?,23-,24+/m0/s1. The second-order valence-electron chi connectivity index (χ2n) is 11.0. The number of hydrogen-bond acceptors (Lipinski definition) is 6. The predicted octanol–water partition coefficient (Wildman–Crippen LogP) is 2.37. The van der Waals surface area contributed by atoms with Crippen LogP contribution in [0.25, 0.3) is 0 Å². The van der Waals surface area contributed by atoms with Gasteiger partial charge < -0.3 is 19.7 Å². The van der Waals surface area contributed by atoms with E-state index in [1.54, 1.807) is 20.8 Å². The van der Waals surface area contributed by atoms with Gasteiger partial charge in [0.05, 0.1) is 12.2 Å². The van der Waals surface area contributed by atoms with Crippen molar-refractivity contribution in [2.24, 2.45) is 22.7 Å². The minimum Gasteiger partial charge on any atom is -0.390 e. The second kappa shape index (κ2) is 6.34. The fourth-order valence-corrected chi connectivity index (χ4v) is 7.92. The number of rotatable bonds is 2. The normalized spacial score (nSPS) is 53.2. The fourth-order valence-electron chi connectivity index (χ4n) is 7.92. The number of aliphatic hydroxyl groups is 2. The van der Waals surface area contributed by atoms with Crippen molar-refractivity contribution in [1.29, 1.82) is 0 Å². The number of aliphatic hydroxyl groups excluding tert-OH is 2. The Balaban J connectivity index is 1.66. The van der Waals surface area contributed by atoms with Gasteiger partial charge in [-0.25, -0.2) is 8.78 Å². The predicted molar refractivity (Wildman–Crippen MR) is 109 cm³/mol. The molecule has 9 atom stereocenters. The summed E-state index contributed by atoms with van der Waals surface area (Å²) in [5.74, 6) is -3.53. The molecule has 0 aromatic heterocycles. The Morgan fingerprint density at radius 3 is 2.56 bits per heavy atom. The average Bonchev–Trinajstić information content (AvgIpc) is 3.11. The zero-order chi connectivity index (χ0) is 23.5. The molecule has 176 valence electrons. The summed E-state index contributed by atoms with van der Waals surface area (Å²) in [6.07, 6.45) is -0.151. The third-order valence-electron chi connectivity index (χ3n) is 9.18. The highest BCUT2D eigenvalue weighted by Crippen LogP contribution is 2.72. The lowest BCUT2D eigenvalue weighted by Crippen LogP contribution is -2.71. The highest BCUT2D eigenvalue weighted by molar-refractivity contribution is 6.01. The van der Waals surface area contributed by atoms with Crippen LogP contribution in [0.2, 0.25) is 0 Å². The summed E-state index contributed by atoms with van der Waals surface area (Å²) in [5, 5.41) is 21.1. The van der Waals surface area contributed by atoms with E-state index < -0.39 is 76.3 Å². The van der Waals surface area contributed by atoms with Crippen molar-refractivity contribution in [2.75, 3.05) is 6.61 Å². The molecule has 4 fully saturated rings. The zero-order valence-electron chi connectivity index (χ0n) is 18.7. The number of allylic oxidation sites excluding steroid dienone is 4. The van der Waals surface area contributed by atoms with Gasteiger partial charge >= 0.3 is 0 Å². The zero-order valence-corrected chi connectivity index (χ0v) is 18.7. The Kier molecular flexibility index (Phi) is 4.42. The van der Waals surface area contributed by atoms with Gasteiger partial charge in [-0.3, -0.25) is 9.59 Å². The molecule has 5 aliphatic rings. The van der Waals surface area contributed by atoms with E-state index in [0.717, 1.165) is 6.08 Å². The Hall–Kier alpha value is -1.48. The molecule has 1 heterocycles. The van der Waals surface area contributed by atoms with E-state index in [0.29, 0.717) is 0 Å². The van der Waals surface area contributed by atoms with Crippen molar-refractivity contribution >= 4 is 11.6 Å². The molecule has 5 unspecified atom stereocenters. The maximum atomic E-state index is 17.1. The van der Waals surface area contributed by atoms with Crippen LogP contribution in [0.1, 0.15) is 47.0 Å². The van der Waals surface area contributed by atoms with Crippen LogP contribution in [0.15, 0.2) is 23.8 Å². The van der Waals surface area contributed by atoms with Gasteiger partial charge in [0.2, 0.25) is 0 Å². The quantitative estimate of drug-likeness (QED) is 0.668. The van der Waals surface area contributed by atoms with Gasteiger partial charge in [-0.2, -0.15) is 0 Å². The summed E-state index contributed by atoms with van der Waals surface area (Å²) in [4.78, 5) is 25.1. The molecule has 2 N–H and O–H groups in total. The van der Waals surface area contributed by atoms with Crippen LogP contribution >= 0.6 is 0 Å². The van der Waals surface area contributed by atoms with Gasteiger partial charge in [0, 0.05) is 16.7 Å². The van der Waals surface area contributed by atoms with Crippen LogP contribution < -0.4 is 0 Å². The SMILES string of the molecule is CC1(C)O[C@@H]2CC3C4C[C@H](F)C5=CC(=O)C=CC5(C)[C@@]4(F)C(O)CC3(C)[C@]2(C(=O)CO)O1. The second-order valence-corrected chi connectivity index (χ2v) is 11.0. The van der Waals surface area contributed by atoms with Gasteiger partial charge in [-0.05, 0) is 63.7 Å². The molecule has 1 aliphatic heterocycles. The third-order valence-corrected chi connectivity index (χ3v) is 9.18. The maximum absolute atomic E-state index is 17.1. The highest BCUT2D eigenvalue weighted by atomic mass is 19.1. The molecule has 0 bridgehead atoms. The topological polar surface area (TPSA) is 93.1 Å². The van der Waals surface area contributed by atoms with Gasteiger partial charge in [0.15, 0.2) is 28.6 Å². The fraction of sp³-hybridized carbons (Fsp3) is 0.750. The molecule has 0 radical (unpaired) electrons. The molecule has 0 spiro atoms. The summed E-state index contributed by atoms with van der Waals surface area (Å²) < 4.78 is 44.8. The summed E-state index contributed by atoms with van der Waals surface area (Å²) in [6, 6.07) is 0. The van der Waals surface area contributed by atoms with E-state index >= 15 is 8.78 Å². The molecule has 6 nitrogen and oxygen atoms in total. The first kappa shape index (κ1) is 22.3. The number of carbonyl (C=O) groups is 2. The number of halogens is 2. The van der Waals surface area contributed by atoms with Crippen LogP contribution in [-0.2, 0) is 19.1 Å². The maximum Gasteiger partial charge on any atom is 0.193 e. The lowest BCUT2D eigenvalue weighted by Gasteiger charge is -2.63. The van der Waals surface area contributed by atoms with Crippen molar-refractivity contribution < 1.29 is 38.1 Å². The Morgan fingerprint density at radius 1 is 1.22 bits per heavy atom. The number of alkyl halides is 2. The molecular formula is C24H30F2O6. The number of ether oxygens (including phenoxy) is 2. The largest absolute Gasteiger partial charge is 0.390 e. The number of fused-ring (bicyclic) bond motifs is 7. The van der Waals surface area contributed by atoms with Crippen LogP contribution in [0.5, 0.6) is 0 Å². The van der Waals surface area contributed by atoms with E-state index in [-0.39, 0.29) is 24.8 Å². The molecule has 3 saturated carbocycles. The highest BCUT2D eigenvalue weighted by Gasteiger charge is 2.80. The Morgan fingerprint density at radius 2 is 1.91 bits per heavy atom. The van der Waals surface area contributed by atoms with E-state index in [9.17, 15) is 19.8 Å². The summed E-state index contributed by atoms with van der Waals surface area (Å²) in [7, 11) is 0. The minimum atomic E-state index is -2.24. The van der Waals surface area contributed by atoms with Gasteiger partial charge in [0.25, 0.3) is 0 Å². The number of Topliss-reactive ketones (excluding diaryl/α,β-unsaturated/α-hetero) is 1. The monoisotopic (exact) mass is 452 g/mol.